The Morgan fingerprint density at radius 1 is 0.588 bits per heavy atom. The first-order chi connectivity index (χ1) is 24.9. The highest BCUT2D eigenvalue weighted by atomic mass is 16.5. The van der Waals surface area contributed by atoms with Crippen LogP contribution in [0.1, 0.15) is 194 Å². The number of amides is 1. The molecule has 2 unspecified atom stereocenters. The molecule has 0 saturated heterocycles. The maximum atomic E-state index is 12.7. The molecule has 1 amide bonds. The molecule has 0 spiro atoms. The van der Waals surface area contributed by atoms with Gasteiger partial charge in [0, 0.05) is 12.8 Å². The Hall–Kier alpha value is -2.67. The summed E-state index contributed by atoms with van der Waals surface area (Å²) in [6, 6.07) is -0.857. The van der Waals surface area contributed by atoms with E-state index in [4.69, 9.17) is 10.5 Å². The maximum absolute atomic E-state index is 12.7. The second-order valence-corrected chi connectivity index (χ2v) is 14.0. The lowest BCUT2D eigenvalue weighted by Gasteiger charge is -2.18. The number of carboxylic acid groups (broad SMARTS) is 1. The summed E-state index contributed by atoms with van der Waals surface area (Å²) in [5.41, 5.74) is 5.47. The molecule has 0 fully saturated rings. The number of unbranched alkanes of at least 4 members (excludes halogenated alkanes) is 15. The van der Waals surface area contributed by atoms with Crippen molar-refractivity contribution in [2.75, 3.05) is 6.54 Å². The zero-order chi connectivity index (χ0) is 37.5. The molecule has 2 atom stereocenters. The molecule has 0 aromatic carbocycles. The van der Waals surface area contributed by atoms with Crippen LogP contribution < -0.4 is 11.1 Å². The van der Waals surface area contributed by atoms with E-state index in [1.165, 1.54) is 57.8 Å². The molecule has 0 aliphatic rings. The number of carbonyl (C=O) groups excluding carboxylic acids is 2. The van der Waals surface area contributed by atoms with Crippen molar-refractivity contribution in [1.29, 1.82) is 0 Å². The summed E-state index contributed by atoms with van der Waals surface area (Å²) >= 11 is 0. The molecule has 0 bridgehead atoms. The molecular weight excluding hydrogens is 636 g/mol. The fraction of sp³-hybridized carbons (Fsp3) is 0.750. The van der Waals surface area contributed by atoms with Gasteiger partial charge in [-0.1, -0.05) is 140 Å². The number of hydrogen-bond donors (Lipinski definition) is 3. The van der Waals surface area contributed by atoms with Crippen molar-refractivity contribution in [3.63, 3.8) is 0 Å². The van der Waals surface area contributed by atoms with E-state index < -0.39 is 12.0 Å². The molecule has 0 rings (SSSR count). The zero-order valence-corrected chi connectivity index (χ0v) is 32.9. The molecule has 0 aliphatic heterocycles. The molecule has 0 radical (unpaired) electrons. The van der Waals surface area contributed by atoms with E-state index in [2.05, 4.69) is 67.8 Å². The second-order valence-electron chi connectivity index (χ2n) is 14.0. The van der Waals surface area contributed by atoms with E-state index in [9.17, 15) is 19.5 Å². The van der Waals surface area contributed by atoms with Gasteiger partial charge >= 0.3 is 11.9 Å². The number of allylic oxidation sites excluding steroid dienone is 8. The number of hydrogen-bond acceptors (Lipinski definition) is 5. The van der Waals surface area contributed by atoms with Crippen LogP contribution in [0.3, 0.4) is 0 Å². The number of carbonyl (C=O) groups is 3. The van der Waals surface area contributed by atoms with E-state index in [0.29, 0.717) is 32.2 Å². The normalized spacial score (nSPS) is 13.2. The Labute approximate surface area is 313 Å². The fourth-order valence-corrected chi connectivity index (χ4v) is 6.03. The van der Waals surface area contributed by atoms with Gasteiger partial charge in [-0.2, -0.15) is 0 Å². The SMILES string of the molecule is CC/C=C\C/C=C\C/C=C\C/C=C\CCCCCCCCC(=O)OC(CCCCCCCC)CCCCCCCC(=O)NC(CCCN)C(=O)O. The minimum atomic E-state index is -1.01. The summed E-state index contributed by atoms with van der Waals surface area (Å²) in [6.45, 7) is 4.80. The zero-order valence-electron chi connectivity index (χ0n) is 32.9. The fourth-order valence-electron chi connectivity index (χ4n) is 6.03. The van der Waals surface area contributed by atoms with Crippen LogP contribution in [0.25, 0.3) is 0 Å². The van der Waals surface area contributed by atoms with Gasteiger partial charge in [-0.15, -0.1) is 0 Å². The summed E-state index contributed by atoms with van der Waals surface area (Å²) in [7, 11) is 0. The minimum absolute atomic E-state index is 0.00860. The molecule has 0 aliphatic carbocycles. The lowest BCUT2D eigenvalue weighted by molar-refractivity contribution is -0.150. The third-order valence-electron chi connectivity index (χ3n) is 9.16. The molecular formula is C44H78N2O5. The standard InChI is InChI=1S/C44H78N2O5/c1-3-5-7-9-11-12-13-14-15-16-17-18-19-20-21-22-23-28-32-38-43(48)51-40(34-29-25-10-8-6-4-2)35-30-26-24-27-31-37-42(47)46-41(44(49)50)36-33-39-45/h5,7,11-12,14-15,17-18,40-41H,3-4,6,8-10,13,16,19-39,45H2,1-2H3,(H,46,47)(H,49,50)/b7-5-,12-11-,15-14-,18-17-. The number of rotatable bonds is 37. The van der Waals surface area contributed by atoms with Gasteiger partial charge in [0.05, 0.1) is 0 Å². The van der Waals surface area contributed by atoms with Gasteiger partial charge in [-0.25, -0.2) is 4.79 Å². The Balaban J connectivity index is 4.13. The number of nitrogens with two attached hydrogens (primary N) is 1. The smallest absolute Gasteiger partial charge is 0.326 e. The Kier molecular flexibility index (Phi) is 36.5. The molecule has 0 aromatic rings. The van der Waals surface area contributed by atoms with Crippen molar-refractivity contribution in [2.45, 2.75) is 206 Å². The van der Waals surface area contributed by atoms with Crippen molar-refractivity contribution >= 4 is 17.8 Å². The molecule has 0 heterocycles. The number of nitrogens with one attached hydrogen (secondary N) is 1. The highest BCUT2D eigenvalue weighted by Gasteiger charge is 2.19. The van der Waals surface area contributed by atoms with E-state index in [1.54, 1.807) is 0 Å². The summed E-state index contributed by atoms with van der Waals surface area (Å²) < 4.78 is 5.99. The lowest BCUT2D eigenvalue weighted by Crippen LogP contribution is -2.40. The topological polar surface area (TPSA) is 119 Å². The Morgan fingerprint density at radius 2 is 1.08 bits per heavy atom. The summed E-state index contributed by atoms with van der Waals surface area (Å²) in [5, 5.41) is 11.9. The third kappa shape index (κ3) is 35.5. The first-order valence-electron chi connectivity index (χ1n) is 21.0. The van der Waals surface area contributed by atoms with Crippen molar-refractivity contribution in [1.82, 2.24) is 5.32 Å². The van der Waals surface area contributed by atoms with Gasteiger partial charge in [0.2, 0.25) is 5.91 Å². The molecule has 4 N–H and O–H groups in total. The van der Waals surface area contributed by atoms with Gasteiger partial charge in [0.15, 0.2) is 0 Å². The molecule has 7 nitrogen and oxygen atoms in total. The van der Waals surface area contributed by atoms with E-state index >= 15 is 0 Å². The number of carboxylic acids is 1. The Bertz CT molecular complexity index is 942. The average Bonchev–Trinajstić information content (AvgIpc) is 3.11. The van der Waals surface area contributed by atoms with Crippen molar-refractivity contribution < 1.29 is 24.2 Å². The molecule has 294 valence electrons. The van der Waals surface area contributed by atoms with Crippen LogP contribution in [0.15, 0.2) is 48.6 Å². The Morgan fingerprint density at radius 3 is 1.63 bits per heavy atom. The van der Waals surface area contributed by atoms with Gasteiger partial charge in [-0.05, 0) is 96.4 Å². The second kappa shape index (κ2) is 38.6. The quantitative estimate of drug-likeness (QED) is 0.0335. The predicted octanol–water partition coefficient (Wildman–Crippen LogP) is 11.6. The number of aliphatic carboxylic acids is 1. The summed E-state index contributed by atoms with van der Waals surface area (Å²) in [5.74, 6) is -1.25. The lowest BCUT2D eigenvalue weighted by atomic mass is 10.0. The maximum Gasteiger partial charge on any atom is 0.326 e. The largest absolute Gasteiger partial charge is 0.480 e. The van der Waals surface area contributed by atoms with Crippen molar-refractivity contribution in [3.8, 4) is 0 Å². The van der Waals surface area contributed by atoms with Crippen LogP contribution in [0, 0.1) is 0 Å². The number of esters is 1. The van der Waals surface area contributed by atoms with Crippen LogP contribution >= 0.6 is 0 Å². The summed E-state index contributed by atoms with van der Waals surface area (Å²) in [6.07, 6.45) is 45.9. The molecule has 51 heavy (non-hydrogen) atoms. The van der Waals surface area contributed by atoms with Crippen LogP contribution in [0.5, 0.6) is 0 Å². The van der Waals surface area contributed by atoms with Gasteiger partial charge < -0.3 is 20.9 Å². The third-order valence-corrected chi connectivity index (χ3v) is 9.16. The molecule has 0 aromatic heterocycles. The average molecular weight is 715 g/mol. The van der Waals surface area contributed by atoms with E-state index in [1.807, 2.05) is 0 Å². The minimum Gasteiger partial charge on any atom is -0.480 e. The van der Waals surface area contributed by atoms with E-state index in [-0.39, 0.29) is 18.0 Å². The first kappa shape index (κ1) is 48.3. The highest BCUT2D eigenvalue weighted by molar-refractivity contribution is 5.83. The van der Waals surface area contributed by atoms with Crippen LogP contribution in [-0.2, 0) is 19.1 Å². The van der Waals surface area contributed by atoms with Crippen molar-refractivity contribution in [3.05, 3.63) is 48.6 Å². The molecule has 0 saturated carbocycles. The summed E-state index contributed by atoms with van der Waals surface area (Å²) in [4.78, 5) is 36.2. The van der Waals surface area contributed by atoms with Crippen LogP contribution in [0.4, 0.5) is 0 Å². The monoisotopic (exact) mass is 715 g/mol. The highest BCUT2D eigenvalue weighted by Crippen LogP contribution is 2.18. The predicted molar refractivity (Wildman–Crippen MR) is 216 cm³/mol. The van der Waals surface area contributed by atoms with Crippen LogP contribution in [-0.4, -0.2) is 41.6 Å². The number of ether oxygens (including phenoxy) is 1. The molecule has 7 heteroatoms. The van der Waals surface area contributed by atoms with E-state index in [0.717, 1.165) is 96.3 Å². The first-order valence-corrected chi connectivity index (χ1v) is 21.0. The van der Waals surface area contributed by atoms with Crippen LogP contribution in [0.2, 0.25) is 0 Å². The van der Waals surface area contributed by atoms with Gasteiger partial charge in [0.25, 0.3) is 0 Å². The van der Waals surface area contributed by atoms with Crippen molar-refractivity contribution in [2.24, 2.45) is 5.73 Å². The van der Waals surface area contributed by atoms with Gasteiger partial charge in [0.1, 0.15) is 12.1 Å². The van der Waals surface area contributed by atoms with Gasteiger partial charge in [-0.3, -0.25) is 9.59 Å².